The number of benzene rings is 1. The Labute approximate surface area is 117 Å². The normalized spacial score (nSPS) is 11.7. The Morgan fingerprint density at radius 2 is 1.95 bits per heavy atom. The van der Waals surface area contributed by atoms with E-state index in [0.29, 0.717) is 4.34 Å². The summed E-state index contributed by atoms with van der Waals surface area (Å²) in [7, 11) is -3.77. The van der Waals surface area contributed by atoms with Crippen molar-refractivity contribution in [2.75, 3.05) is 0 Å². The SMILES string of the molecule is O=S(=O)(NCc1cc(F)ccc1F)c1ccc(Cl)s1. The Bertz CT molecular complexity index is 700. The maximum Gasteiger partial charge on any atom is 0.250 e. The highest BCUT2D eigenvalue weighted by Crippen LogP contribution is 2.25. The second kappa shape index (κ2) is 5.54. The van der Waals surface area contributed by atoms with E-state index in [1.807, 2.05) is 0 Å². The standard InChI is InChI=1S/C11H8ClF2NO2S2/c12-10-3-4-11(18-10)19(16,17)15-6-7-5-8(13)1-2-9(7)14/h1-5,15H,6H2. The summed E-state index contributed by atoms with van der Waals surface area (Å²) in [5.74, 6) is -1.30. The van der Waals surface area contributed by atoms with E-state index in [4.69, 9.17) is 11.6 Å². The molecule has 1 N–H and O–H groups in total. The Hall–Kier alpha value is -1.02. The summed E-state index contributed by atoms with van der Waals surface area (Å²) in [6.07, 6.45) is 0. The van der Waals surface area contributed by atoms with Gasteiger partial charge >= 0.3 is 0 Å². The number of nitrogens with one attached hydrogen (secondary N) is 1. The predicted octanol–water partition coefficient (Wildman–Crippen LogP) is 3.16. The first-order chi connectivity index (χ1) is 8.88. The zero-order valence-electron chi connectivity index (χ0n) is 9.36. The number of sulfonamides is 1. The highest BCUT2D eigenvalue weighted by molar-refractivity contribution is 7.91. The molecule has 2 aromatic rings. The van der Waals surface area contributed by atoms with E-state index >= 15 is 0 Å². The third-order valence-electron chi connectivity index (χ3n) is 2.27. The molecule has 1 aromatic heterocycles. The van der Waals surface area contributed by atoms with Crippen LogP contribution in [0.5, 0.6) is 0 Å². The molecule has 8 heteroatoms. The van der Waals surface area contributed by atoms with Gasteiger partial charge in [-0.15, -0.1) is 11.3 Å². The molecule has 0 aliphatic rings. The summed E-state index contributed by atoms with van der Waals surface area (Å²) in [5.41, 5.74) is -0.0637. The minimum atomic E-state index is -3.77. The fraction of sp³-hybridized carbons (Fsp3) is 0.0909. The topological polar surface area (TPSA) is 46.2 Å². The van der Waals surface area contributed by atoms with Gasteiger partial charge in [0.1, 0.15) is 15.8 Å². The summed E-state index contributed by atoms with van der Waals surface area (Å²) in [5, 5.41) is 0. The average Bonchev–Trinajstić information content (AvgIpc) is 2.78. The first-order valence-corrected chi connectivity index (χ1v) is 7.75. The lowest BCUT2D eigenvalue weighted by molar-refractivity contribution is 0.568. The second-order valence-corrected chi connectivity index (χ2v) is 7.33. The van der Waals surface area contributed by atoms with Crippen LogP contribution in [0.25, 0.3) is 0 Å². The monoisotopic (exact) mass is 323 g/mol. The molecule has 19 heavy (non-hydrogen) atoms. The van der Waals surface area contributed by atoms with Crippen LogP contribution >= 0.6 is 22.9 Å². The second-order valence-electron chi connectivity index (χ2n) is 3.62. The molecular weight excluding hydrogens is 316 g/mol. The summed E-state index contributed by atoms with van der Waals surface area (Å²) in [6.45, 7) is -0.332. The smallest absolute Gasteiger partial charge is 0.207 e. The summed E-state index contributed by atoms with van der Waals surface area (Å²) >= 11 is 6.53. The lowest BCUT2D eigenvalue weighted by atomic mass is 10.2. The van der Waals surface area contributed by atoms with Gasteiger partial charge in [0.2, 0.25) is 10.0 Å². The molecular formula is C11H8ClF2NO2S2. The molecule has 1 heterocycles. The van der Waals surface area contributed by atoms with Crippen molar-refractivity contribution >= 4 is 33.0 Å². The number of halogens is 3. The van der Waals surface area contributed by atoms with Crippen molar-refractivity contribution in [3.05, 3.63) is 51.9 Å². The van der Waals surface area contributed by atoms with Crippen LogP contribution in [0.2, 0.25) is 4.34 Å². The molecule has 0 atom stereocenters. The summed E-state index contributed by atoms with van der Waals surface area (Å²) in [6, 6.07) is 5.65. The molecule has 0 spiro atoms. The zero-order chi connectivity index (χ0) is 14.0. The van der Waals surface area contributed by atoms with Gasteiger partial charge in [-0.2, -0.15) is 0 Å². The van der Waals surface area contributed by atoms with Gasteiger partial charge in [0.05, 0.1) is 4.34 Å². The lowest BCUT2D eigenvalue weighted by Crippen LogP contribution is -2.23. The maximum absolute atomic E-state index is 13.3. The van der Waals surface area contributed by atoms with E-state index in [1.165, 1.54) is 12.1 Å². The molecule has 0 fully saturated rings. The highest BCUT2D eigenvalue weighted by atomic mass is 35.5. The lowest BCUT2D eigenvalue weighted by Gasteiger charge is -2.06. The first-order valence-electron chi connectivity index (χ1n) is 5.07. The van der Waals surface area contributed by atoms with E-state index in [2.05, 4.69) is 4.72 Å². The van der Waals surface area contributed by atoms with Crippen molar-refractivity contribution in [3.63, 3.8) is 0 Å². The van der Waals surface area contributed by atoms with E-state index in [9.17, 15) is 17.2 Å². The van der Waals surface area contributed by atoms with Crippen molar-refractivity contribution < 1.29 is 17.2 Å². The fourth-order valence-electron chi connectivity index (χ4n) is 1.36. The number of hydrogen-bond acceptors (Lipinski definition) is 3. The van der Waals surface area contributed by atoms with Crippen LogP contribution in [0.1, 0.15) is 5.56 Å². The quantitative estimate of drug-likeness (QED) is 0.939. The fourth-order valence-corrected chi connectivity index (χ4v) is 3.90. The predicted molar refractivity (Wildman–Crippen MR) is 69.7 cm³/mol. The van der Waals surface area contributed by atoms with Crippen LogP contribution in [-0.4, -0.2) is 8.42 Å². The van der Waals surface area contributed by atoms with Crippen LogP contribution in [0.3, 0.4) is 0 Å². The molecule has 2 rings (SSSR count). The Morgan fingerprint density at radius 3 is 2.58 bits per heavy atom. The van der Waals surface area contributed by atoms with Crippen molar-refractivity contribution in [2.24, 2.45) is 0 Å². The number of thiophene rings is 1. The molecule has 3 nitrogen and oxygen atoms in total. The van der Waals surface area contributed by atoms with Crippen LogP contribution < -0.4 is 4.72 Å². The highest BCUT2D eigenvalue weighted by Gasteiger charge is 2.17. The minimum Gasteiger partial charge on any atom is -0.207 e. The number of hydrogen-bond donors (Lipinski definition) is 1. The third kappa shape index (κ3) is 3.50. The Kier molecular flexibility index (Phi) is 4.19. The summed E-state index contributed by atoms with van der Waals surface area (Å²) in [4.78, 5) is 0. The minimum absolute atomic E-state index is 0.0225. The molecule has 0 saturated carbocycles. The molecule has 102 valence electrons. The van der Waals surface area contributed by atoms with Gasteiger partial charge in [-0.1, -0.05) is 11.6 Å². The van der Waals surface area contributed by atoms with E-state index in [0.717, 1.165) is 29.5 Å². The van der Waals surface area contributed by atoms with Gasteiger partial charge in [0.25, 0.3) is 0 Å². The van der Waals surface area contributed by atoms with Crippen molar-refractivity contribution in [2.45, 2.75) is 10.8 Å². The Morgan fingerprint density at radius 1 is 1.21 bits per heavy atom. The maximum atomic E-state index is 13.3. The van der Waals surface area contributed by atoms with Crippen molar-refractivity contribution in [1.82, 2.24) is 4.72 Å². The summed E-state index contributed by atoms with van der Waals surface area (Å²) < 4.78 is 52.5. The van der Waals surface area contributed by atoms with Gasteiger partial charge in [0, 0.05) is 12.1 Å². The number of rotatable bonds is 4. The molecule has 0 bridgehead atoms. The van der Waals surface area contributed by atoms with Gasteiger partial charge in [-0.05, 0) is 30.3 Å². The van der Waals surface area contributed by atoms with E-state index < -0.39 is 21.7 Å². The molecule has 0 radical (unpaired) electrons. The van der Waals surface area contributed by atoms with Gasteiger partial charge in [0.15, 0.2) is 0 Å². The molecule has 0 unspecified atom stereocenters. The van der Waals surface area contributed by atoms with Crippen LogP contribution in [0.15, 0.2) is 34.5 Å². The molecule has 0 aliphatic carbocycles. The largest absolute Gasteiger partial charge is 0.250 e. The van der Waals surface area contributed by atoms with Gasteiger partial charge in [-0.25, -0.2) is 21.9 Å². The van der Waals surface area contributed by atoms with E-state index in [-0.39, 0.29) is 16.3 Å². The van der Waals surface area contributed by atoms with Crippen molar-refractivity contribution in [1.29, 1.82) is 0 Å². The van der Waals surface area contributed by atoms with Crippen LogP contribution in [0, 0.1) is 11.6 Å². The van der Waals surface area contributed by atoms with Crippen LogP contribution in [-0.2, 0) is 16.6 Å². The Balaban J connectivity index is 2.16. The first kappa shape index (κ1) is 14.4. The van der Waals surface area contributed by atoms with Gasteiger partial charge in [-0.3, -0.25) is 0 Å². The third-order valence-corrected chi connectivity index (χ3v) is 5.40. The molecule has 1 aromatic carbocycles. The van der Waals surface area contributed by atoms with E-state index in [1.54, 1.807) is 0 Å². The average molecular weight is 324 g/mol. The molecule has 0 amide bonds. The van der Waals surface area contributed by atoms with Crippen LogP contribution in [0.4, 0.5) is 8.78 Å². The van der Waals surface area contributed by atoms with Crippen molar-refractivity contribution in [3.8, 4) is 0 Å². The molecule has 0 aliphatic heterocycles. The molecule has 0 saturated heterocycles. The zero-order valence-corrected chi connectivity index (χ0v) is 11.7. The van der Waals surface area contributed by atoms with Gasteiger partial charge < -0.3 is 0 Å².